The number of allylic oxidation sites excluding steroid dienone is 1. The summed E-state index contributed by atoms with van der Waals surface area (Å²) in [5.74, 6) is 0.0906. The van der Waals surface area contributed by atoms with Gasteiger partial charge in [-0.15, -0.1) is 0 Å². The van der Waals surface area contributed by atoms with Crippen LogP contribution in [0.5, 0.6) is 0 Å². The molecule has 0 rings (SSSR count). The number of hydrogen-bond donors (Lipinski definition) is 1. The normalized spacial score (nSPS) is 12.0. The number of aliphatic hydroxyl groups is 1. The first-order valence-electron chi connectivity index (χ1n) is 9.42. The van der Waals surface area contributed by atoms with Crippen LogP contribution in [0.4, 0.5) is 0 Å². The van der Waals surface area contributed by atoms with Crippen molar-refractivity contribution in [2.24, 2.45) is 0 Å². The van der Waals surface area contributed by atoms with E-state index in [9.17, 15) is 9.90 Å². The number of hydrogen-bond acceptors (Lipinski definition) is 2. The number of nitrogens with zero attached hydrogens (tertiary/aromatic N) is 2. The molecule has 0 atom stereocenters. The quantitative estimate of drug-likeness (QED) is 0.302. The molecule has 0 heterocycles. The second-order valence-corrected chi connectivity index (χ2v) is 6.51. The van der Waals surface area contributed by atoms with E-state index >= 15 is 0 Å². The molecule has 0 spiro atoms. The summed E-state index contributed by atoms with van der Waals surface area (Å²) < 4.78 is 0.870. The Morgan fingerprint density at radius 3 is 2.26 bits per heavy atom. The first-order chi connectivity index (χ1) is 11.0. The van der Waals surface area contributed by atoms with Crippen LogP contribution in [0.2, 0.25) is 0 Å². The average molecular weight is 328 g/mol. The van der Waals surface area contributed by atoms with Crippen LogP contribution in [0, 0.1) is 0 Å². The molecule has 4 heteroatoms. The molecule has 0 fully saturated rings. The number of unbranched alkanes of at least 4 members (excludes halogenated alkanes) is 5. The van der Waals surface area contributed by atoms with Gasteiger partial charge in [0, 0.05) is 7.05 Å². The first kappa shape index (κ1) is 22.1. The fraction of sp³-hybridized carbons (Fsp3) is 0.842. The number of carbonyl (C=O) groups excluding carboxylic acids is 1. The van der Waals surface area contributed by atoms with Crippen LogP contribution in [0.25, 0.3) is 0 Å². The van der Waals surface area contributed by atoms with Gasteiger partial charge in [-0.2, -0.15) is 0 Å². The Balaban J connectivity index is 4.09. The Morgan fingerprint density at radius 1 is 1.04 bits per heavy atom. The Bertz CT molecular complexity index is 325. The predicted molar refractivity (Wildman–Crippen MR) is 98.3 cm³/mol. The topological polar surface area (TPSA) is 40.5 Å². The molecule has 0 unspecified atom stereocenters. The number of carbonyl (C=O) groups is 1. The first-order valence-corrected chi connectivity index (χ1v) is 9.42. The van der Waals surface area contributed by atoms with Crippen LogP contribution in [0.3, 0.4) is 0 Å². The van der Waals surface area contributed by atoms with E-state index in [1.165, 1.54) is 32.1 Å². The van der Waals surface area contributed by atoms with Gasteiger partial charge in [0.15, 0.2) is 0 Å². The minimum atomic E-state index is 0.0906. The van der Waals surface area contributed by atoms with E-state index in [2.05, 4.69) is 20.8 Å². The zero-order valence-corrected chi connectivity index (χ0v) is 15.9. The highest BCUT2D eigenvalue weighted by atomic mass is 16.3. The van der Waals surface area contributed by atoms with Crippen molar-refractivity contribution in [2.75, 3.05) is 46.4 Å². The molecule has 0 aliphatic heterocycles. The van der Waals surface area contributed by atoms with E-state index in [1.807, 2.05) is 13.1 Å². The lowest BCUT2D eigenvalue weighted by Crippen LogP contribution is -2.53. The molecule has 1 amide bonds. The van der Waals surface area contributed by atoms with Crippen molar-refractivity contribution in [2.45, 2.75) is 59.3 Å². The summed E-state index contributed by atoms with van der Waals surface area (Å²) in [4.78, 5) is 13.9. The van der Waals surface area contributed by atoms with E-state index < -0.39 is 0 Å². The van der Waals surface area contributed by atoms with Gasteiger partial charge < -0.3 is 14.5 Å². The molecule has 23 heavy (non-hydrogen) atoms. The van der Waals surface area contributed by atoms with Crippen molar-refractivity contribution >= 4 is 5.91 Å². The lowest BCUT2D eigenvalue weighted by Gasteiger charge is -2.37. The van der Waals surface area contributed by atoms with Gasteiger partial charge in [0.05, 0.1) is 32.8 Å². The lowest BCUT2D eigenvalue weighted by atomic mass is 10.1. The largest absolute Gasteiger partial charge is 0.391 e. The minimum absolute atomic E-state index is 0.0906. The summed E-state index contributed by atoms with van der Waals surface area (Å²) in [6, 6.07) is 0. The van der Waals surface area contributed by atoms with E-state index in [4.69, 9.17) is 0 Å². The molecule has 4 nitrogen and oxygen atoms in total. The second-order valence-electron chi connectivity index (χ2n) is 6.51. The molecule has 0 bridgehead atoms. The number of quaternary nitrogens is 1. The van der Waals surface area contributed by atoms with Gasteiger partial charge in [-0.25, -0.2) is 0 Å². The van der Waals surface area contributed by atoms with Crippen molar-refractivity contribution in [1.29, 1.82) is 0 Å². The van der Waals surface area contributed by atoms with Gasteiger partial charge in [-0.05, 0) is 32.8 Å². The maximum absolute atomic E-state index is 12.1. The second kappa shape index (κ2) is 13.6. The standard InChI is InChI=1S/C19H39N2O2/c1-5-8-9-10-11-12-13-14-19(23)20(4)15-16-21(6-2,7-3)17-18-22/h13-14,22H,5-12,15-18H2,1-4H3/q+1/b14-13+. The molecule has 0 saturated carbocycles. The van der Waals surface area contributed by atoms with Crippen LogP contribution in [0.15, 0.2) is 12.2 Å². The number of amides is 1. The minimum Gasteiger partial charge on any atom is -0.391 e. The molecule has 0 aliphatic carbocycles. The van der Waals surface area contributed by atoms with Crippen molar-refractivity contribution < 1.29 is 14.4 Å². The van der Waals surface area contributed by atoms with Gasteiger partial charge in [-0.3, -0.25) is 4.79 Å². The molecule has 0 saturated heterocycles. The highest BCUT2D eigenvalue weighted by molar-refractivity contribution is 5.87. The molecule has 0 radical (unpaired) electrons. The molecular formula is C19H39N2O2+. The Labute approximate surface area is 143 Å². The summed E-state index contributed by atoms with van der Waals surface area (Å²) in [5, 5.41) is 9.25. The maximum Gasteiger partial charge on any atom is 0.246 e. The Kier molecular flexibility index (Phi) is 13.0. The molecule has 136 valence electrons. The summed E-state index contributed by atoms with van der Waals surface area (Å²) in [7, 11) is 1.87. The third-order valence-corrected chi connectivity index (χ3v) is 4.94. The van der Waals surface area contributed by atoms with E-state index in [0.29, 0.717) is 0 Å². The third kappa shape index (κ3) is 9.77. The number of aliphatic hydroxyl groups excluding tert-OH is 1. The van der Waals surface area contributed by atoms with Gasteiger partial charge in [0.1, 0.15) is 6.54 Å². The zero-order valence-electron chi connectivity index (χ0n) is 15.9. The van der Waals surface area contributed by atoms with Crippen molar-refractivity contribution in [3.8, 4) is 0 Å². The molecule has 0 aromatic rings. The van der Waals surface area contributed by atoms with Gasteiger partial charge in [0.25, 0.3) is 0 Å². The fourth-order valence-corrected chi connectivity index (χ4v) is 2.83. The monoisotopic (exact) mass is 327 g/mol. The SMILES string of the molecule is CCCCCCC/C=C/C(=O)N(C)CC[N+](CC)(CC)CCO. The van der Waals surface area contributed by atoms with Crippen LogP contribution in [-0.2, 0) is 4.79 Å². The summed E-state index contributed by atoms with van der Waals surface area (Å²) in [5.41, 5.74) is 0. The van der Waals surface area contributed by atoms with E-state index in [-0.39, 0.29) is 12.5 Å². The lowest BCUT2D eigenvalue weighted by molar-refractivity contribution is -0.924. The predicted octanol–water partition coefficient (Wildman–Crippen LogP) is 3.21. The van der Waals surface area contributed by atoms with Gasteiger partial charge in [0.2, 0.25) is 5.91 Å². The van der Waals surface area contributed by atoms with Crippen molar-refractivity contribution in [1.82, 2.24) is 4.90 Å². The summed E-state index contributed by atoms with van der Waals surface area (Å²) in [6.45, 7) is 11.1. The molecular weight excluding hydrogens is 288 g/mol. The highest BCUT2D eigenvalue weighted by Crippen LogP contribution is 2.07. The summed E-state index contributed by atoms with van der Waals surface area (Å²) in [6.07, 6.45) is 11.1. The Morgan fingerprint density at radius 2 is 1.70 bits per heavy atom. The van der Waals surface area contributed by atoms with Crippen LogP contribution in [-0.4, -0.2) is 66.8 Å². The molecule has 0 aromatic carbocycles. The third-order valence-electron chi connectivity index (χ3n) is 4.94. The molecule has 1 N–H and O–H groups in total. The highest BCUT2D eigenvalue weighted by Gasteiger charge is 2.23. The zero-order chi connectivity index (χ0) is 17.6. The Hall–Kier alpha value is -0.870. The number of likely N-dealkylation sites (N-methyl/N-ethyl adjacent to an activating group) is 2. The van der Waals surface area contributed by atoms with Crippen molar-refractivity contribution in [3.05, 3.63) is 12.2 Å². The van der Waals surface area contributed by atoms with Crippen molar-refractivity contribution in [3.63, 3.8) is 0 Å². The van der Waals surface area contributed by atoms with E-state index in [1.54, 1.807) is 11.0 Å². The molecule has 0 aromatic heterocycles. The van der Waals surface area contributed by atoms with Crippen LogP contribution < -0.4 is 0 Å². The van der Waals surface area contributed by atoms with Crippen LogP contribution in [0.1, 0.15) is 59.3 Å². The maximum atomic E-state index is 12.1. The van der Waals surface area contributed by atoms with Gasteiger partial charge >= 0.3 is 0 Å². The van der Waals surface area contributed by atoms with Gasteiger partial charge in [-0.1, -0.05) is 38.7 Å². The smallest absolute Gasteiger partial charge is 0.246 e. The average Bonchev–Trinajstić information content (AvgIpc) is 2.57. The number of rotatable bonds is 14. The van der Waals surface area contributed by atoms with E-state index in [0.717, 1.165) is 43.6 Å². The fourth-order valence-electron chi connectivity index (χ4n) is 2.83. The van der Waals surface area contributed by atoms with Crippen LogP contribution >= 0.6 is 0 Å². The summed E-state index contributed by atoms with van der Waals surface area (Å²) >= 11 is 0. The molecule has 0 aliphatic rings.